The summed E-state index contributed by atoms with van der Waals surface area (Å²) in [6, 6.07) is 12.5. The Morgan fingerprint density at radius 3 is 2.57 bits per heavy atom. The van der Waals surface area contributed by atoms with Gasteiger partial charge in [-0.1, -0.05) is 11.8 Å². The number of methoxy groups -OCH3 is 1. The Hall–Kier alpha value is -2.58. The number of rotatable bonds is 3. The fourth-order valence-electron chi connectivity index (χ4n) is 2.99. The summed E-state index contributed by atoms with van der Waals surface area (Å²) in [5.74, 6) is 0.929. The molecule has 0 spiro atoms. The normalized spacial score (nSPS) is 20.2. The summed E-state index contributed by atoms with van der Waals surface area (Å²) in [5.41, 5.74) is 1.71. The highest BCUT2D eigenvalue weighted by Gasteiger charge is 2.38. The molecule has 1 saturated heterocycles. The third-order valence-electron chi connectivity index (χ3n) is 4.49. The number of thioether (sulfide) groups is 2. The Labute approximate surface area is 171 Å². The number of amides is 1. The van der Waals surface area contributed by atoms with Gasteiger partial charge in [0.1, 0.15) is 16.4 Å². The summed E-state index contributed by atoms with van der Waals surface area (Å²) in [6.45, 7) is 2.47. The van der Waals surface area contributed by atoms with Crippen molar-refractivity contribution in [2.75, 3.05) is 25.6 Å². The number of fused-ring (bicyclic) bond motifs is 1. The minimum atomic E-state index is -0.0425. The Morgan fingerprint density at radius 1 is 1.14 bits per heavy atom. The average Bonchev–Trinajstić information content (AvgIpc) is 3.19. The van der Waals surface area contributed by atoms with Gasteiger partial charge < -0.3 is 14.7 Å². The van der Waals surface area contributed by atoms with Gasteiger partial charge in [-0.3, -0.25) is 9.69 Å². The van der Waals surface area contributed by atoms with E-state index < -0.39 is 0 Å². The minimum absolute atomic E-state index is 0.0425. The molecule has 0 aromatic heterocycles. The van der Waals surface area contributed by atoms with Crippen LogP contribution in [0.5, 0.6) is 11.5 Å². The molecule has 0 radical (unpaired) electrons. The summed E-state index contributed by atoms with van der Waals surface area (Å²) >= 11 is 2.96. The molecule has 0 atom stereocenters. The van der Waals surface area contributed by atoms with E-state index in [4.69, 9.17) is 4.74 Å². The molecule has 0 saturated carbocycles. The van der Waals surface area contributed by atoms with E-state index in [1.807, 2.05) is 37.1 Å². The first-order chi connectivity index (χ1) is 13.5. The molecule has 6 nitrogen and oxygen atoms in total. The maximum atomic E-state index is 13.1. The lowest BCUT2D eigenvalue weighted by Crippen LogP contribution is -2.29. The van der Waals surface area contributed by atoms with E-state index >= 15 is 0 Å². The maximum Gasteiger partial charge on any atom is 0.269 e. The average molecular weight is 414 g/mol. The Balaban J connectivity index is 1.71. The van der Waals surface area contributed by atoms with E-state index in [-0.39, 0.29) is 11.7 Å². The highest BCUT2D eigenvalue weighted by Crippen LogP contribution is 2.51. The number of benzene rings is 2. The van der Waals surface area contributed by atoms with E-state index in [9.17, 15) is 9.90 Å². The fourth-order valence-corrected chi connectivity index (χ4v) is 5.38. The van der Waals surface area contributed by atoms with Gasteiger partial charge in [-0.2, -0.15) is 0 Å². The number of hydrogen-bond donors (Lipinski definition) is 1. The third kappa shape index (κ3) is 3.22. The van der Waals surface area contributed by atoms with Crippen molar-refractivity contribution in [2.24, 2.45) is 4.99 Å². The molecule has 0 bridgehead atoms. The summed E-state index contributed by atoms with van der Waals surface area (Å²) in [5, 5.41) is 11.0. The molecule has 1 fully saturated rings. The molecule has 28 heavy (non-hydrogen) atoms. The molecule has 1 N–H and O–H groups in total. The summed E-state index contributed by atoms with van der Waals surface area (Å²) < 4.78 is 5.33. The van der Waals surface area contributed by atoms with Crippen molar-refractivity contribution in [3.8, 4) is 11.5 Å². The van der Waals surface area contributed by atoms with Crippen molar-refractivity contribution in [1.29, 1.82) is 0 Å². The summed E-state index contributed by atoms with van der Waals surface area (Å²) in [4.78, 5) is 23.1. The van der Waals surface area contributed by atoms with Crippen LogP contribution < -0.4 is 9.64 Å². The van der Waals surface area contributed by atoms with Crippen molar-refractivity contribution in [3.05, 3.63) is 52.4 Å². The van der Waals surface area contributed by atoms with Crippen molar-refractivity contribution in [2.45, 2.75) is 11.8 Å². The quantitative estimate of drug-likeness (QED) is 0.753. The number of nitrogens with zero attached hydrogens (tertiary/aromatic N) is 3. The monoisotopic (exact) mass is 413 g/mol. The second-order valence-electron chi connectivity index (χ2n) is 6.19. The van der Waals surface area contributed by atoms with Crippen LogP contribution in [0.1, 0.15) is 6.92 Å². The van der Waals surface area contributed by atoms with Crippen LogP contribution in [0.2, 0.25) is 0 Å². The SMILES string of the molecule is CCN1C(=O)C(=C2Sc3ccc(OC)cc3N2C)SC1=Nc1ccc(O)cc1. The first kappa shape index (κ1) is 18.8. The Kier molecular flexibility index (Phi) is 4.99. The minimum Gasteiger partial charge on any atom is -0.508 e. The number of carbonyl (C=O) groups excluding carboxylic acids is 1. The number of phenolic OH excluding ortho intramolecular Hbond substituents is 1. The third-order valence-corrected chi connectivity index (χ3v) is 6.92. The van der Waals surface area contributed by atoms with E-state index in [0.717, 1.165) is 21.4 Å². The summed E-state index contributed by atoms with van der Waals surface area (Å²) in [6.07, 6.45) is 0. The van der Waals surface area contributed by atoms with Crippen molar-refractivity contribution < 1.29 is 14.6 Å². The van der Waals surface area contributed by atoms with Gasteiger partial charge in [0, 0.05) is 24.6 Å². The van der Waals surface area contributed by atoms with Gasteiger partial charge in [0.05, 0.1) is 23.5 Å². The van der Waals surface area contributed by atoms with Gasteiger partial charge in [0.25, 0.3) is 5.91 Å². The van der Waals surface area contributed by atoms with E-state index in [1.165, 1.54) is 11.8 Å². The van der Waals surface area contributed by atoms with E-state index in [0.29, 0.717) is 22.3 Å². The lowest BCUT2D eigenvalue weighted by Gasteiger charge is -2.15. The zero-order chi connectivity index (χ0) is 19.8. The molecular weight excluding hydrogens is 394 g/mol. The number of likely N-dealkylation sites (N-methyl/N-ethyl adjacent to an activating group) is 1. The molecular formula is C20H19N3O3S2. The first-order valence-corrected chi connectivity index (χ1v) is 10.4. The van der Waals surface area contributed by atoms with Crippen LogP contribution in [-0.2, 0) is 4.79 Å². The smallest absolute Gasteiger partial charge is 0.269 e. The molecule has 1 amide bonds. The first-order valence-electron chi connectivity index (χ1n) is 8.73. The molecule has 2 aromatic carbocycles. The zero-order valence-electron chi connectivity index (χ0n) is 15.7. The number of phenols is 1. The molecule has 0 aliphatic carbocycles. The number of hydrogen-bond acceptors (Lipinski definition) is 7. The highest BCUT2D eigenvalue weighted by atomic mass is 32.2. The Morgan fingerprint density at radius 2 is 1.89 bits per heavy atom. The van der Waals surface area contributed by atoms with Gasteiger partial charge in [-0.15, -0.1) is 0 Å². The van der Waals surface area contributed by atoms with E-state index in [2.05, 4.69) is 4.99 Å². The number of ether oxygens (including phenoxy) is 1. The maximum absolute atomic E-state index is 13.1. The van der Waals surface area contributed by atoms with Crippen molar-refractivity contribution >= 4 is 46.0 Å². The van der Waals surface area contributed by atoms with Crippen LogP contribution in [0.25, 0.3) is 0 Å². The zero-order valence-corrected chi connectivity index (χ0v) is 17.3. The molecule has 2 aliphatic rings. The van der Waals surface area contributed by atoms with Crippen LogP contribution in [0.4, 0.5) is 11.4 Å². The van der Waals surface area contributed by atoms with Crippen LogP contribution >= 0.6 is 23.5 Å². The largest absolute Gasteiger partial charge is 0.508 e. The van der Waals surface area contributed by atoms with Crippen LogP contribution in [0.15, 0.2) is 62.3 Å². The second kappa shape index (κ2) is 7.44. The molecule has 8 heteroatoms. The van der Waals surface area contributed by atoms with Crippen LogP contribution in [-0.4, -0.2) is 41.8 Å². The lowest BCUT2D eigenvalue weighted by atomic mass is 10.3. The van der Waals surface area contributed by atoms with Gasteiger partial charge >= 0.3 is 0 Å². The second-order valence-corrected chi connectivity index (χ2v) is 8.20. The van der Waals surface area contributed by atoms with Gasteiger partial charge in [-0.05, 0) is 55.1 Å². The Bertz CT molecular complexity index is 1000. The van der Waals surface area contributed by atoms with Gasteiger partial charge in [0.15, 0.2) is 5.17 Å². The number of amidine groups is 1. The molecule has 4 rings (SSSR count). The topological polar surface area (TPSA) is 65.4 Å². The van der Waals surface area contributed by atoms with E-state index in [1.54, 1.807) is 48.0 Å². The predicted molar refractivity (Wildman–Crippen MR) is 114 cm³/mol. The molecule has 2 heterocycles. The van der Waals surface area contributed by atoms with Crippen LogP contribution in [0.3, 0.4) is 0 Å². The van der Waals surface area contributed by atoms with Gasteiger partial charge in [0.2, 0.25) is 0 Å². The molecule has 144 valence electrons. The van der Waals surface area contributed by atoms with Crippen LogP contribution in [0, 0.1) is 0 Å². The molecule has 0 unspecified atom stereocenters. The molecule has 2 aliphatic heterocycles. The number of aliphatic imine (C=N–C) groups is 1. The summed E-state index contributed by atoms with van der Waals surface area (Å²) in [7, 11) is 3.60. The highest BCUT2D eigenvalue weighted by molar-refractivity contribution is 8.19. The fraction of sp³-hybridized carbons (Fsp3) is 0.200. The van der Waals surface area contributed by atoms with Gasteiger partial charge in [-0.25, -0.2) is 4.99 Å². The number of aromatic hydroxyl groups is 1. The van der Waals surface area contributed by atoms with Crippen molar-refractivity contribution in [3.63, 3.8) is 0 Å². The predicted octanol–water partition coefficient (Wildman–Crippen LogP) is 4.39. The molecule has 2 aromatic rings. The number of carbonyl (C=O) groups is 1. The number of anilines is 1. The standard InChI is InChI=1S/C20H19N3O3S2/c1-4-23-18(25)17(28-20(23)21-12-5-7-13(24)8-6-12)19-22(2)15-11-14(26-3)9-10-16(15)27-19/h5-11,24H,4H2,1-3H3. The van der Waals surface area contributed by atoms with Crippen molar-refractivity contribution in [1.82, 2.24) is 4.90 Å². The lowest BCUT2D eigenvalue weighted by molar-refractivity contribution is -0.122.